The van der Waals surface area contributed by atoms with Gasteiger partial charge in [0.25, 0.3) is 5.91 Å². The average Bonchev–Trinajstić information content (AvgIpc) is 2.62. The molecule has 0 aromatic heterocycles. The van der Waals surface area contributed by atoms with Crippen LogP contribution < -0.4 is 10.1 Å². The van der Waals surface area contributed by atoms with E-state index in [2.05, 4.69) is 5.32 Å². The van der Waals surface area contributed by atoms with Crippen LogP contribution in [-0.4, -0.2) is 44.1 Å². The van der Waals surface area contributed by atoms with Gasteiger partial charge in [0.2, 0.25) is 0 Å². The van der Waals surface area contributed by atoms with Crippen LogP contribution in [0, 0.1) is 11.8 Å². The predicted octanol–water partition coefficient (Wildman–Crippen LogP) is 2.55. The van der Waals surface area contributed by atoms with E-state index in [0.717, 1.165) is 55.6 Å². The van der Waals surface area contributed by atoms with Crippen molar-refractivity contribution in [1.82, 2.24) is 10.2 Å². The van der Waals surface area contributed by atoms with Crippen LogP contribution >= 0.6 is 0 Å². The number of carbonyl (C=O) groups excluding carboxylic acids is 1. The molecule has 2 saturated heterocycles. The van der Waals surface area contributed by atoms with E-state index in [1.165, 1.54) is 19.4 Å². The molecule has 1 aromatic rings. The van der Waals surface area contributed by atoms with E-state index in [0.29, 0.717) is 0 Å². The van der Waals surface area contributed by atoms with Crippen molar-refractivity contribution in [2.24, 2.45) is 11.8 Å². The quantitative estimate of drug-likeness (QED) is 0.933. The van der Waals surface area contributed by atoms with E-state index in [4.69, 9.17) is 4.74 Å². The van der Waals surface area contributed by atoms with Crippen molar-refractivity contribution in [3.8, 4) is 5.75 Å². The summed E-state index contributed by atoms with van der Waals surface area (Å²) in [4.78, 5) is 14.6. The number of nitrogens with one attached hydrogen (secondary N) is 1. The summed E-state index contributed by atoms with van der Waals surface area (Å²) in [5, 5.41) is 3.51. The molecule has 1 amide bonds. The van der Waals surface area contributed by atoms with E-state index in [1.807, 2.05) is 29.2 Å². The van der Waals surface area contributed by atoms with Crippen LogP contribution in [0.15, 0.2) is 24.3 Å². The Labute approximate surface area is 132 Å². The summed E-state index contributed by atoms with van der Waals surface area (Å²) < 4.78 is 5.21. The maximum absolute atomic E-state index is 12.6. The highest BCUT2D eigenvalue weighted by atomic mass is 16.5. The lowest BCUT2D eigenvalue weighted by molar-refractivity contribution is 0.0645. The standard InChI is InChI=1S/C18H26N2O2/c1-22-17-6-2-4-15(12-17)18(21)20-10-7-14(8-11-20)16-5-3-9-19-13-16/h2,4,6,12,14,16,19H,3,5,7-11,13H2,1H3. The molecular weight excluding hydrogens is 276 g/mol. The van der Waals surface area contributed by atoms with Crippen molar-refractivity contribution in [3.05, 3.63) is 29.8 Å². The number of likely N-dealkylation sites (tertiary alicyclic amines) is 1. The van der Waals surface area contributed by atoms with Crippen LogP contribution in [0.1, 0.15) is 36.0 Å². The van der Waals surface area contributed by atoms with Gasteiger partial charge < -0.3 is 15.0 Å². The third-order valence-electron chi connectivity index (χ3n) is 5.15. The Morgan fingerprint density at radius 1 is 1.23 bits per heavy atom. The molecule has 1 N–H and O–H groups in total. The van der Waals surface area contributed by atoms with Crippen LogP contribution in [0.3, 0.4) is 0 Å². The summed E-state index contributed by atoms with van der Waals surface area (Å²) in [6, 6.07) is 7.47. The Bertz CT molecular complexity index is 504. The van der Waals surface area contributed by atoms with E-state index in [9.17, 15) is 4.79 Å². The highest BCUT2D eigenvalue weighted by Gasteiger charge is 2.29. The number of methoxy groups -OCH3 is 1. The number of nitrogens with zero attached hydrogens (tertiary/aromatic N) is 1. The zero-order chi connectivity index (χ0) is 15.4. The fourth-order valence-electron chi connectivity index (χ4n) is 3.79. The molecule has 0 spiro atoms. The molecule has 4 heteroatoms. The highest BCUT2D eigenvalue weighted by molar-refractivity contribution is 5.94. The molecule has 0 aliphatic carbocycles. The first kappa shape index (κ1) is 15.3. The lowest BCUT2D eigenvalue weighted by Crippen LogP contribution is -2.43. The summed E-state index contributed by atoms with van der Waals surface area (Å²) in [5.41, 5.74) is 0.733. The Morgan fingerprint density at radius 2 is 2.05 bits per heavy atom. The van der Waals surface area contributed by atoms with Crippen molar-refractivity contribution >= 4 is 5.91 Å². The molecule has 3 rings (SSSR count). The van der Waals surface area contributed by atoms with Gasteiger partial charge >= 0.3 is 0 Å². The monoisotopic (exact) mass is 302 g/mol. The highest BCUT2D eigenvalue weighted by Crippen LogP contribution is 2.30. The summed E-state index contributed by atoms with van der Waals surface area (Å²) >= 11 is 0. The largest absolute Gasteiger partial charge is 0.497 e. The topological polar surface area (TPSA) is 41.6 Å². The van der Waals surface area contributed by atoms with Gasteiger partial charge in [-0.2, -0.15) is 0 Å². The molecule has 22 heavy (non-hydrogen) atoms. The number of benzene rings is 1. The minimum atomic E-state index is 0.138. The second-order valence-corrected chi connectivity index (χ2v) is 6.47. The Kier molecular flexibility index (Phi) is 4.98. The van der Waals surface area contributed by atoms with Gasteiger partial charge in [-0.05, 0) is 68.8 Å². The average molecular weight is 302 g/mol. The minimum Gasteiger partial charge on any atom is -0.497 e. The number of amides is 1. The molecular formula is C18H26N2O2. The SMILES string of the molecule is COc1cccc(C(=O)N2CCC(C3CCCNC3)CC2)c1. The van der Waals surface area contributed by atoms with Crippen molar-refractivity contribution < 1.29 is 9.53 Å². The number of ether oxygens (including phenoxy) is 1. The normalized spacial score (nSPS) is 23.3. The first-order valence-corrected chi connectivity index (χ1v) is 8.42. The molecule has 4 nitrogen and oxygen atoms in total. The van der Waals surface area contributed by atoms with E-state index in [-0.39, 0.29) is 5.91 Å². The minimum absolute atomic E-state index is 0.138. The molecule has 0 radical (unpaired) electrons. The maximum Gasteiger partial charge on any atom is 0.253 e. The van der Waals surface area contributed by atoms with Gasteiger partial charge in [0.05, 0.1) is 7.11 Å². The number of carbonyl (C=O) groups is 1. The lowest BCUT2D eigenvalue weighted by atomic mass is 9.80. The molecule has 1 atom stereocenters. The Morgan fingerprint density at radius 3 is 2.73 bits per heavy atom. The molecule has 2 fully saturated rings. The first-order chi connectivity index (χ1) is 10.8. The molecule has 0 saturated carbocycles. The smallest absolute Gasteiger partial charge is 0.253 e. The van der Waals surface area contributed by atoms with Crippen molar-refractivity contribution in [3.63, 3.8) is 0 Å². The van der Waals surface area contributed by atoms with Crippen LogP contribution in [0.5, 0.6) is 5.75 Å². The Hall–Kier alpha value is -1.55. The van der Waals surface area contributed by atoms with Gasteiger partial charge in [-0.25, -0.2) is 0 Å². The molecule has 0 bridgehead atoms. The zero-order valence-corrected chi connectivity index (χ0v) is 13.4. The molecule has 1 aromatic carbocycles. The van der Waals surface area contributed by atoms with Crippen molar-refractivity contribution in [2.75, 3.05) is 33.3 Å². The fraction of sp³-hybridized carbons (Fsp3) is 0.611. The number of rotatable bonds is 3. The van der Waals surface area contributed by atoms with Gasteiger partial charge in [-0.3, -0.25) is 4.79 Å². The number of hydrogen-bond donors (Lipinski definition) is 1. The van der Waals surface area contributed by atoms with Gasteiger partial charge in [0.15, 0.2) is 0 Å². The van der Waals surface area contributed by atoms with Crippen LogP contribution in [-0.2, 0) is 0 Å². The summed E-state index contributed by atoms with van der Waals surface area (Å²) in [7, 11) is 1.63. The number of hydrogen-bond acceptors (Lipinski definition) is 3. The summed E-state index contributed by atoms with van der Waals surface area (Å²) in [5.74, 6) is 2.47. The van der Waals surface area contributed by atoms with Gasteiger partial charge in [0, 0.05) is 18.7 Å². The van der Waals surface area contributed by atoms with Crippen LogP contribution in [0.2, 0.25) is 0 Å². The number of piperidine rings is 2. The molecule has 2 aliphatic heterocycles. The second kappa shape index (κ2) is 7.14. The zero-order valence-electron chi connectivity index (χ0n) is 13.4. The first-order valence-electron chi connectivity index (χ1n) is 8.42. The molecule has 1 unspecified atom stereocenters. The second-order valence-electron chi connectivity index (χ2n) is 6.47. The Balaban J connectivity index is 1.57. The van der Waals surface area contributed by atoms with E-state index >= 15 is 0 Å². The maximum atomic E-state index is 12.6. The summed E-state index contributed by atoms with van der Waals surface area (Å²) in [6.45, 7) is 4.10. The van der Waals surface area contributed by atoms with Crippen molar-refractivity contribution in [1.29, 1.82) is 0 Å². The van der Waals surface area contributed by atoms with Crippen LogP contribution in [0.25, 0.3) is 0 Å². The van der Waals surface area contributed by atoms with Crippen LogP contribution in [0.4, 0.5) is 0 Å². The third-order valence-corrected chi connectivity index (χ3v) is 5.15. The van der Waals surface area contributed by atoms with Gasteiger partial charge in [-0.1, -0.05) is 6.07 Å². The third kappa shape index (κ3) is 3.43. The fourth-order valence-corrected chi connectivity index (χ4v) is 3.79. The molecule has 120 valence electrons. The van der Waals surface area contributed by atoms with Gasteiger partial charge in [0.1, 0.15) is 5.75 Å². The van der Waals surface area contributed by atoms with Gasteiger partial charge in [-0.15, -0.1) is 0 Å². The molecule has 2 heterocycles. The predicted molar refractivity (Wildman–Crippen MR) is 87.2 cm³/mol. The van der Waals surface area contributed by atoms with Crippen molar-refractivity contribution in [2.45, 2.75) is 25.7 Å². The lowest BCUT2D eigenvalue weighted by Gasteiger charge is -2.37. The summed E-state index contributed by atoms with van der Waals surface area (Å²) in [6.07, 6.45) is 4.93. The van der Waals surface area contributed by atoms with E-state index < -0.39 is 0 Å². The van der Waals surface area contributed by atoms with E-state index in [1.54, 1.807) is 7.11 Å². The molecule has 2 aliphatic rings.